The summed E-state index contributed by atoms with van der Waals surface area (Å²) in [5.41, 5.74) is 1.03. The van der Waals surface area contributed by atoms with Gasteiger partial charge >= 0.3 is 0 Å². The zero-order valence-corrected chi connectivity index (χ0v) is 7.03. The Bertz CT molecular complexity index is 231. The van der Waals surface area contributed by atoms with Gasteiger partial charge in [0.2, 0.25) is 0 Å². The number of hydrogen-bond acceptors (Lipinski definition) is 3. The SMILES string of the molecule is c1cnc(CNC2CCC2)cn1. The highest BCUT2D eigenvalue weighted by molar-refractivity contribution is 4.94. The van der Waals surface area contributed by atoms with Crippen molar-refractivity contribution in [2.75, 3.05) is 0 Å². The Labute approximate surface area is 72.2 Å². The second-order valence-corrected chi connectivity index (χ2v) is 3.21. The van der Waals surface area contributed by atoms with Gasteiger partial charge in [-0.05, 0) is 12.8 Å². The second kappa shape index (κ2) is 3.63. The Hall–Kier alpha value is -0.960. The van der Waals surface area contributed by atoms with E-state index in [-0.39, 0.29) is 0 Å². The maximum absolute atomic E-state index is 4.18. The van der Waals surface area contributed by atoms with Crippen molar-refractivity contribution in [3.05, 3.63) is 24.3 Å². The van der Waals surface area contributed by atoms with Crippen molar-refractivity contribution in [3.8, 4) is 0 Å². The number of aromatic nitrogens is 2. The van der Waals surface area contributed by atoms with Crippen molar-refractivity contribution in [1.29, 1.82) is 0 Å². The Morgan fingerprint density at radius 2 is 2.33 bits per heavy atom. The van der Waals surface area contributed by atoms with Gasteiger partial charge in [0.05, 0.1) is 5.69 Å². The molecule has 2 rings (SSSR count). The van der Waals surface area contributed by atoms with Crippen molar-refractivity contribution in [2.24, 2.45) is 0 Å². The van der Waals surface area contributed by atoms with E-state index in [0.29, 0.717) is 0 Å². The normalized spacial score (nSPS) is 17.3. The van der Waals surface area contributed by atoms with Crippen molar-refractivity contribution < 1.29 is 0 Å². The zero-order chi connectivity index (χ0) is 8.23. The van der Waals surface area contributed by atoms with E-state index in [0.717, 1.165) is 18.3 Å². The first-order chi connectivity index (χ1) is 5.95. The van der Waals surface area contributed by atoms with Gasteiger partial charge in [-0.2, -0.15) is 0 Å². The van der Waals surface area contributed by atoms with Crippen molar-refractivity contribution in [3.63, 3.8) is 0 Å². The molecule has 64 valence electrons. The molecule has 1 aromatic rings. The Morgan fingerprint density at radius 1 is 1.42 bits per heavy atom. The van der Waals surface area contributed by atoms with Gasteiger partial charge in [0.25, 0.3) is 0 Å². The minimum absolute atomic E-state index is 0.729. The van der Waals surface area contributed by atoms with Crippen LogP contribution < -0.4 is 5.32 Å². The van der Waals surface area contributed by atoms with Crippen LogP contribution in [0.25, 0.3) is 0 Å². The molecule has 0 aromatic carbocycles. The van der Waals surface area contributed by atoms with Crippen LogP contribution in [0.15, 0.2) is 18.6 Å². The fraction of sp³-hybridized carbons (Fsp3) is 0.556. The predicted octanol–water partition coefficient (Wildman–Crippen LogP) is 1.12. The van der Waals surface area contributed by atoms with E-state index in [1.165, 1.54) is 19.3 Å². The van der Waals surface area contributed by atoms with Crippen LogP contribution >= 0.6 is 0 Å². The van der Waals surface area contributed by atoms with Crippen LogP contribution in [0.5, 0.6) is 0 Å². The molecule has 1 aromatic heterocycles. The van der Waals surface area contributed by atoms with Crippen LogP contribution in [0.4, 0.5) is 0 Å². The van der Waals surface area contributed by atoms with Crippen LogP contribution in [-0.2, 0) is 6.54 Å². The smallest absolute Gasteiger partial charge is 0.0724 e. The van der Waals surface area contributed by atoms with E-state index in [1.54, 1.807) is 12.4 Å². The number of nitrogens with zero attached hydrogens (tertiary/aromatic N) is 2. The minimum Gasteiger partial charge on any atom is -0.308 e. The minimum atomic E-state index is 0.729. The average Bonchev–Trinajstić information content (AvgIpc) is 2.04. The number of hydrogen-bond donors (Lipinski definition) is 1. The second-order valence-electron chi connectivity index (χ2n) is 3.21. The van der Waals surface area contributed by atoms with E-state index in [9.17, 15) is 0 Å². The lowest BCUT2D eigenvalue weighted by Gasteiger charge is -2.26. The molecule has 0 atom stereocenters. The highest BCUT2D eigenvalue weighted by atomic mass is 14.9. The molecule has 0 amide bonds. The highest BCUT2D eigenvalue weighted by Crippen LogP contribution is 2.18. The fourth-order valence-corrected chi connectivity index (χ4v) is 1.28. The number of nitrogens with one attached hydrogen (secondary N) is 1. The van der Waals surface area contributed by atoms with Crippen molar-refractivity contribution in [2.45, 2.75) is 31.8 Å². The maximum atomic E-state index is 4.18. The summed E-state index contributed by atoms with van der Waals surface area (Å²) in [5.74, 6) is 0. The van der Waals surface area contributed by atoms with Crippen LogP contribution in [0.1, 0.15) is 25.0 Å². The molecule has 3 heteroatoms. The third-order valence-electron chi connectivity index (χ3n) is 2.29. The van der Waals surface area contributed by atoms with Crippen LogP contribution in [0, 0.1) is 0 Å². The highest BCUT2D eigenvalue weighted by Gasteiger charge is 2.15. The largest absolute Gasteiger partial charge is 0.308 e. The molecular weight excluding hydrogens is 150 g/mol. The molecule has 0 radical (unpaired) electrons. The number of rotatable bonds is 3. The van der Waals surface area contributed by atoms with Gasteiger partial charge in [-0.3, -0.25) is 9.97 Å². The van der Waals surface area contributed by atoms with Crippen LogP contribution in [0.3, 0.4) is 0 Å². The van der Waals surface area contributed by atoms with E-state index in [2.05, 4.69) is 15.3 Å². The molecule has 12 heavy (non-hydrogen) atoms. The monoisotopic (exact) mass is 163 g/mol. The fourth-order valence-electron chi connectivity index (χ4n) is 1.28. The topological polar surface area (TPSA) is 37.8 Å². The lowest BCUT2D eigenvalue weighted by molar-refractivity contribution is 0.337. The lowest BCUT2D eigenvalue weighted by Crippen LogP contribution is -2.34. The molecular formula is C9H13N3. The summed E-state index contributed by atoms with van der Waals surface area (Å²) in [5, 5.41) is 3.43. The van der Waals surface area contributed by atoms with Crippen LogP contribution in [0.2, 0.25) is 0 Å². The molecule has 1 aliphatic carbocycles. The van der Waals surface area contributed by atoms with Crippen molar-refractivity contribution >= 4 is 0 Å². The molecule has 0 aliphatic heterocycles. The molecule has 1 N–H and O–H groups in total. The molecule has 0 spiro atoms. The summed E-state index contributed by atoms with van der Waals surface area (Å²) in [6.07, 6.45) is 9.26. The third-order valence-corrected chi connectivity index (χ3v) is 2.29. The lowest BCUT2D eigenvalue weighted by atomic mass is 9.93. The molecule has 0 bridgehead atoms. The predicted molar refractivity (Wildman–Crippen MR) is 46.5 cm³/mol. The quantitative estimate of drug-likeness (QED) is 0.725. The van der Waals surface area contributed by atoms with E-state index in [1.807, 2.05) is 6.20 Å². The zero-order valence-electron chi connectivity index (χ0n) is 7.03. The standard InChI is InChI=1S/C9H13N3/c1-2-8(3-1)12-7-9-6-10-4-5-11-9/h4-6,8,12H,1-3,7H2. The molecule has 0 unspecified atom stereocenters. The van der Waals surface area contributed by atoms with Crippen molar-refractivity contribution in [1.82, 2.24) is 15.3 Å². The molecule has 1 heterocycles. The van der Waals surface area contributed by atoms with Gasteiger partial charge < -0.3 is 5.32 Å². The first kappa shape index (κ1) is 7.68. The van der Waals surface area contributed by atoms with Gasteiger partial charge in [0.15, 0.2) is 0 Å². The first-order valence-electron chi connectivity index (χ1n) is 4.43. The summed E-state index contributed by atoms with van der Waals surface area (Å²) >= 11 is 0. The third kappa shape index (κ3) is 1.80. The summed E-state index contributed by atoms with van der Waals surface area (Å²) in [4.78, 5) is 8.19. The van der Waals surface area contributed by atoms with E-state index < -0.39 is 0 Å². The van der Waals surface area contributed by atoms with Gasteiger partial charge in [0, 0.05) is 31.2 Å². The summed E-state index contributed by atoms with van der Waals surface area (Å²) in [7, 11) is 0. The Kier molecular flexibility index (Phi) is 2.32. The van der Waals surface area contributed by atoms with Gasteiger partial charge in [0.1, 0.15) is 0 Å². The summed E-state index contributed by atoms with van der Waals surface area (Å²) in [6, 6.07) is 0.729. The first-order valence-corrected chi connectivity index (χ1v) is 4.43. The van der Waals surface area contributed by atoms with Gasteiger partial charge in [-0.25, -0.2) is 0 Å². The van der Waals surface area contributed by atoms with Crippen LogP contribution in [-0.4, -0.2) is 16.0 Å². The van der Waals surface area contributed by atoms with E-state index in [4.69, 9.17) is 0 Å². The van der Waals surface area contributed by atoms with Gasteiger partial charge in [-0.1, -0.05) is 6.42 Å². The average molecular weight is 163 g/mol. The summed E-state index contributed by atoms with van der Waals surface area (Å²) in [6.45, 7) is 0.860. The molecule has 1 aliphatic rings. The molecule has 1 saturated carbocycles. The molecule has 1 fully saturated rings. The summed E-state index contributed by atoms with van der Waals surface area (Å²) < 4.78 is 0. The van der Waals surface area contributed by atoms with E-state index >= 15 is 0 Å². The van der Waals surface area contributed by atoms with Gasteiger partial charge in [-0.15, -0.1) is 0 Å². The molecule has 0 saturated heterocycles. The maximum Gasteiger partial charge on any atom is 0.0724 e. The molecule has 3 nitrogen and oxygen atoms in total. The Morgan fingerprint density at radius 3 is 2.92 bits per heavy atom. The Balaban J connectivity index is 1.79.